The number of halogens is 1. The van der Waals surface area contributed by atoms with Crippen LogP contribution in [0.15, 0.2) is 42.6 Å². The van der Waals surface area contributed by atoms with Crippen LogP contribution in [0.2, 0.25) is 0 Å². The molecule has 5 heteroatoms. The first-order valence-corrected chi connectivity index (χ1v) is 7.82. The minimum Gasteiger partial charge on any atom is -0.337 e. The molecule has 23 heavy (non-hydrogen) atoms. The summed E-state index contributed by atoms with van der Waals surface area (Å²) in [5.41, 5.74) is 1.84. The van der Waals surface area contributed by atoms with E-state index in [0.29, 0.717) is 12.1 Å². The smallest absolute Gasteiger partial charge is 0.319 e. The second-order valence-corrected chi connectivity index (χ2v) is 6.09. The van der Waals surface area contributed by atoms with Crippen LogP contribution in [0.4, 0.5) is 14.9 Å². The van der Waals surface area contributed by atoms with Crippen LogP contribution in [-0.2, 0) is 5.41 Å². The molecule has 1 aromatic heterocycles. The highest BCUT2D eigenvalue weighted by Gasteiger charge is 2.40. The summed E-state index contributed by atoms with van der Waals surface area (Å²) in [4.78, 5) is 16.6. The number of rotatable bonds is 4. The Morgan fingerprint density at radius 3 is 2.70 bits per heavy atom. The van der Waals surface area contributed by atoms with E-state index in [1.54, 1.807) is 25.3 Å². The van der Waals surface area contributed by atoms with E-state index >= 15 is 0 Å². The standard InChI is InChI=1S/C18H20FN3O/c1-13-6-4-7-14(19)16(13)22-17(23)21-12-18(9-5-10-18)15-8-2-3-11-20-15/h2-4,6-8,11H,5,9-10,12H2,1H3,(H2,21,22,23). The number of para-hydroxylation sites is 1. The number of anilines is 1. The van der Waals surface area contributed by atoms with Gasteiger partial charge in [0.15, 0.2) is 0 Å². The van der Waals surface area contributed by atoms with Gasteiger partial charge in [0.2, 0.25) is 0 Å². The first-order valence-electron chi connectivity index (χ1n) is 7.82. The second kappa shape index (κ2) is 6.36. The Balaban J connectivity index is 1.65. The van der Waals surface area contributed by atoms with Gasteiger partial charge in [0.25, 0.3) is 0 Å². The number of amides is 2. The van der Waals surface area contributed by atoms with Gasteiger partial charge in [-0.2, -0.15) is 0 Å². The summed E-state index contributed by atoms with van der Waals surface area (Å²) in [6.45, 7) is 2.27. The van der Waals surface area contributed by atoms with Crippen LogP contribution in [0.5, 0.6) is 0 Å². The van der Waals surface area contributed by atoms with Crippen molar-refractivity contribution in [2.75, 3.05) is 11.9 Å². The van der Waals surface area contributed by atoms with Gasteiger partial charge in [0.1, 0.15) is 5.82 Å². The summed E-state index contributed by atoms with van der Waals surface area (Å²) in [5, 5.41) is 5.48. The quantitative estimate of drug-likeness (QED) is 0.902. The molecule has 2 N–H and O–H groups in total. The van der Waals surface area contributed by atoms with Gasteiger partial charge in [-0.05, 0) is 43.5 Å². The van der Waals surface area contributed by atoms with Crippen molar-refractivity contribution >= 4 is 11.7 Å². The highest BCUT2D eigenvalue weighted by molar-refractivity contribution is 5.90. The third-order valence-corrected chi connectivity index (χ3v) is 4.57. The second-order valence-electron chi connectivity index (χ2n) is 6.09. The molecular formula is C18H20FN3O. The highest BCUT2D eigenvalue weighted by Crippen LogP contribution is 2.42. The average molecular weight is 313 g/mol. The summed E-state index contributed by atoms with van der Waals surface area (Å²) in [6.07, 6.45) is 4.91. The molecule has 2 aromatic rings. The Morgan fingerprint density at radius 2 is 2.09 bits per heavy atom. The topological polar surface area (TPSA) is 54.0 Å². The van der Waals surface area contributed by atoms with Crippen molar-refractivity contribution in [3.05, 3.63) is 59.7 Å². The number of carbonyl (C=O) groups is 1. The lowest BCUT2D eigenvalue weighted by atomic mass is 9.66. The molecule has 0 bridgehead atoms. The Bertz CT molecular complexity index is 678. The maximum Gasteiger partial charge on any atom is 0.319 e. The van der Waals surface area contributed by atoms with Crippen molar-refractivity contribution in [1.82, 2.24) is 10.3 Å². The summed E-state index contributed by atoms with van der Waals surface area (Å²) in [6, 6.07) is 10.2. The number of hydrogen-bond donors (Lipinski definition) is 2. The maximum absolute atomic E-state index is 13.8. The van der Waals surface area contributed by atoms with E-state index in [4.69, 9.17) is 0 Å². The van der Waals surface area contributed by atoms with Crippen molar-refractivity contribution in [1.29, 1.82) is 0 Å². The zero-order chi connectivity index (χ0) is 16.3. The maximum atomic E-state index is 13.8. The van der Waals surface area contributed by atoms with Gasteiger partial charge >= 0.3 is 6.03 Å². The molecule has 1 aliphatic rings. The molecule has 0 radical (unpaired) electrons. The number of hydrogen-bond acceptors (Lipinski definition) is 2. The van der Waals surface area contributed by atoms with Gasteiger partial charge in [-0.1, -0.05) is 24.6 Å². The van der Waals surface area contributed by atoms with Crippen molar-refractivity contribution in [2.24, 2.45) is 0 Å². The van der Waals surface area contributed by atoms with E-state index in [1.807, 2.05) is 18.2 Å². The van der Waals surface area contributed by atoms with Crippen LogP contribution in [-0.4, -0.2) is 17.6 Å². The number of pyridine rings is 1. The highest BCUT2D eigenvalue weighted by atomic mass is 19.1. The van der Waals surface area contributed by atoms with Crippen molar-refractivity contribution in [2.45, 2.75) is 31.6 Å². The zero-order valence-electron chi connectivity index (χ0n) is 13.1. The number of aromatic nitrogens is 1. The third-order valence-electron chi connectivity index (χ3n) is 4.57. The first-order chi connectivity index (χ1) is 11.1. The molecule has 2 amide bonds. The fourth-order valence-electron chi connectivity index (χ4n) is 3.00. The van der Waals surface area contributed by atoms with Crippen LogP contribution < -0.4 is 10.6 Å². The molecule has 1 aliphatic carbocycles. The summed E-state index contributed by atoms with van der Waals surface area (Å²) in [5.74, 6) is -0.428. The Kier molecular flexibility index (Phi) is 4.28. The average Bonchev–Trinajstić information content (AvgIpc) is 2.51. The van der Waals surface area contributed by atoms with Crippen LogP contribution in [0.25, 0.3) is 0 Å². The van der Waals surface area contributed by atoms with Crippen LogP contribution >= 0.6 is 0 Å². The number of carbonyl (C=O) groups excluding carboxylic acids is 1. The molecular weight excluding hydrogens is 293 g/mol. The zero-order valence-corrected chi connectivity index (χ0v) is 13.1. The number of aryl methyl sites for hydroxylation is 1. The van der Waals surface area contributed by atoms with E-state index < -0.39 is 5.82 Å². The molecule has 0 saturated heterocycles. The predicted octanol–water partition coefficient (Wildman–Crippen LogP) is 3.77. The molecule has 1 saturated carbocycles. The molecule has 3 rings (SSSR count). The number of urea groups is 1. The largest absolute Gasteiger partial charge is 0.337 e. The third kappa shape index (κ3) is 3.18. The SMILES string of the molecule is Cc1cccc(F)c1NC(=O)NCC1(c2ccccn2)CCC1. The molecule has 0 unspecified atom stereocenters. The lowest BCUT2D eigenvalue weighted by Gasteiger charge is -2.41. The molecule has 4 nitrogen and oxygen atoms in total. The summed E-state index contributed by atoms with van der Waals surface area (Å²) in [7, 11) is 0. The molecule has 0 atom stereocenters. The molecule has 1 fully saturated rings. The fourth-order valence-corrected chi connectivity index (χ4v) is 3.00. The first kappa shape index (κ1) is 15.5. The van der Waals surface area contributed by atoms with E-state index in [0.717, 1.165) is 25.0 Å². The lowest BCUT2D eigenvalue weighted by molar-refractivity contribution is 0.218. The number of nitrogens with zero attached hydrogens (tertiary/aromatic N) is 1. The Hall–Kier alpha value is -2.43. The van der Waals surface area contributed by atoms with Gasteiger partial charge in [0, 0.05) is 23.9 Å². The minimum atomic E-state index is -0.428. The lowest BCUT2D eigenvalue weighted by Crippen LogP contribution is -2.47. The van der Waals surface area contributed by atoms with Gasteiger partial charge in [0.05, 0.1) is 5.69 Å². The van der Waals surface area contributed by atoms with E-state index in [1.165, 1.54) is 6.07 Å². The number of nitrogens with one attached hydrogen (secondary N) is 2. The monoisotopic (exact) mass is 313 g/mol. The van der Waals surface area contributed by atoms with Crippen molar-refractivity contribution in [3.63, 3.8) is 0 Å². The molecule has 120 valence electrons. The fraction of sp³-hybridized carbons (Fsp3) is 0.333. The summed E-state index contributed by atoms with van der Waals surface area (Å²) < 4.78 is 13.8. The van der Waals surface area contributed by atoms with E-state index in [9.17, 15) is 9.18 Å². The minimum absolute atomic E-state index is 0.0944. The Labute approximate surface area is 135 Å². The molecule has 0 aliphatic heterocycles. The normalized spacial score (nSPS) is 15.6. The van der Waals surface area contributed by atoms with Crippen molar-refractivity contribution < 1.29 is 9.18 Å². The van der Waals surface area contributed by atoms with Gasteiger partial charge in [-0.15, -0.1) is 0 Å². The summed E-state index contributed by atoms with van der Waals surface area (Å²) >= 11 is 0. The van der Waals surface area contributed by atoms with Crippen LogP contribution in [0.1, 0.15) is 30.5 Å². The van der Waals surface area contributed by atoms with Crippen molar-refractivity contribution in [3.8, 4) is 0 Å². The van der Waals surface area contributed by atoms with Gasteiger partial charge < -0.3 is 10.6 Å². The van der Waals surface area contributed by atoms with Crippen LogP contribution in [0, 0.1) is 12.7 Å². The molecule has 0 spiro atoms. The van der Waals surface area contributed by atoms with E-state index in [-0.39, 0.29) is 17.1 Å². The predicted molar refractivity (Wildman–Crippen MR) is 87.9 cm³/mol. The van der Waals surface area contributed by atoms with Gasteiger partial charge in [-0.3, -0.25) is 4.98 Å². The molecule has 1 heterocycles. The molecule has 1 aromatic carbocycles. The number of benzene rings is 1. The van der Waals surface area contributed by atoms with Crippen LogP contribution in [0.3, 0.4) is 0 Å². The Morgan fingerprint density at radius 1 is 1.26 bits per heavy atom. The van der Waals surface area contributed by atoms with E-state index in [2.05, 4.69) is 15.6 Å². The van der Waals surface area contributed by atoms with Gasteiger partial charge in [-0.25, -0.2) is 9.18 Å².